The van der Waals surface area contributed by atoms with Crippen LogP contribution in [0, 0.1) is 6.92 Å². The number of hydrogen-bond acceptors (Lipinski definition) is 4. The maximum absolute atomic E-state index is 11.8. The average Bonchev–Trinajstić information content (AvgIpc) is 2.34. The van der Waals surface area contributed by atoms with Crippen LogP contribution < -0.4 is 10.4 Å². The molecule has 2 aromatic rings. The summed E-state index contributed by atoms with van der Waals surface area (Å²) in [5, 5.41) is 0.898. The molecular weight excluding hydrogens is 244 g/mol. The molecule has 0 N–H and O–H groups in total. The Morgan fingerprint density at radius 2 is 2.11 bits per heavy atom. The van der Waals surface area contributed by atoms with Crippen molar-refractivity contribution in [2.24, 2.45) is 0 Å². The Balaban J connectivity index is 2.64. The van der Waals surface area contributed by atoms with Gasteiger partial charge in [0.25, 0.3) is 0 Å². The molecule has 0 unspecified atom stereocenters. The summed E-state index contributed by atoms with van der Waals surface area (Å²) in [4.78, 5) is 22.7. The van der Waals surface area contributed by atoms with E-state index in [2.05, 4.69) is 6.92 Å². The molecule has 0 saturated heterocycles. The van der Waals surface area contributed by atoms with Gasteiger partial charge in [-0.3, -0.25) is 4.79 Å². The van der Waals surface area contributed by atoms with Gasteiger partial charge in [-0.2, -0.15) is 0 Å². The van der Waals surface area contributed by atoms with Gasteiger partial charge < -0.3 is 9.15 Å². The molecule has 19 heavy (non-hydrogen) atoms. The first kappa shape index (κ1) is 13.3. The van der Waals surface area contributed by atoms with Gasteiger partial charge in [-0.05, 0) is 31.0 Å². The fourth-order valence-electron chi connectivity index (χ4n) is 2.14. The molecule has 1 heterocycles. The molecule has 1 aromatic carbocycles. The normalized spacial score (nSPS) is 10.7. The number of carbonyl (C=O) groups is 1. The predicted molar refractivity (Wildman–Crippen MR) is 72.5 cm³/mol. The molecule has 0 fully saturated rings. The summed E-state index contributed by atoms with van der Waals surface area (Å²) in [5.74, 6) is -0.0166. The Morgan fingerprint density at radius 1 is 1.37 bits per heavy atom. The van der Waals surface area contributed by atoms with E-state index in [-0.39, 0.29) is 5.63 Å². The zero-order valence-electron chi connectivity index (χ0n) is 11.3. The molecule has 100 valence electrons. The second-order valence-corrected chi connectivity index (χ2v) is 4.49. The third kappa shape index (κ3) is 2.67. The van der Waals surface area contributed by atoms with Crippen LogP contribution in [-0.4, -0.2) is 5.97 Å². The molecule has 0 aliphatic heterocycles. The third-order valence-corrected chi connectivity index (χ3v) is 3.00. The number of fused-ring (bicyclic) bond motifs is 1. The minimum absolute atomic E-state index is 0.337. The fourth-order valence-corrected chi connectivity index (χ4v) is 2.14. The maximum Gasteiger partial charge on any atom is 0.339 e. The molecule has 0 amide bonds. The summed E-state index contributed by atoms with van der Waals surface area (Å²) in [6, 6.07) is 5.12. The van der Waals surface area contributed by atoms with Crippen molar-refractivity contribution in [3.63, 3.8) is 0 Å². The lowest BCUT2D eigenvalue weighted by molar-refractivity contribution is -0.131. The smallest absolute Gasteiger partial charge is 0.339 e. The van der Waals surface area contributed by atoms with Crippen LogP contribution in [0.2, 0.25) is 0 Å². The van der Waals surface area contributed by atoms with E-state index in [1.807, 2.05) is 6.07 Å². The van der Waals surface area contributed by atoms with Crippen LogP contribution in [0.3, 0.4) is 0 Å². The standard InChI is InChI=1S/C15H16O4/c1-4-5-12-9(2)15(17)19-14-8-11(18-10(3)16)6-7-13(12)14/h6-8H,4-5H2,1-3H3. The molecule has 0 bridgehead atoms. The van der Waals surface area contributed by atoms with Gasteiger partial charge in [-0.1, -0.05) is 13.3 Å². The van der Waals surface area contributed by atoms with E-state index in [1.165, 1.54) is 6.92 Å². The van der Waals surface area contributed by atoms with Gasteiger partial charge in [0, 0.05) is 23.9 Å². The highest BCUT2D eigenvalue weighted by Gasteiger charge is 2.11. The van der Waals surface area contributed by atoms with E-state index in [0.29, 0.717) is 16.9 Å². The van der Waals surface area contributed by atoms with Crippen LogP contribution in [0.25, 0.3) is 11.0 Å². The molecule has 2 rings (SSSR count). The first-order valence-corrected chi connectivity index (χ1v) is 6.27. The van der Waals surface area contributed by atoms with E-state index >= 15 is 0 Å². The van der Waals surface area contributed by atoms with Crippen molar-refractivity contribution in [3.05, 3.63) is 39.7 Å². The summed E-state index contributed by atoms with van der Waals surface area (Å²) in [6.07, 6.45) is 1.77. The van der Waals surface area contributed by atoms with Crippen molar-refractivity contribution in [3.8, 4) is 5.75 Å². The first-order valence-electron chi connectivity index (χ1n) is 6.27. The second kappa shape index (κ2) is 5.26. The minimum atomic E-state index is -0.400. The molecule has 0 radical (unpaired) electrons. The van der Waals surface area contributed by atoms with E-state index < -0.39 is 5.97 Å². The van der Waals surface area contributed by atoms with Crippen molar-refractivity contribution in [1.82, 2.24) is 0 Å². The number of carbonyl (C=O) groups excluding carboxylic acids is 1. The molecule has 0 saturated carbocycles. The number of aryl methyl sites for hydroxylation is 1. The van der Waals surface area contributed by atoms with Crippen LogP contribution in [0.5, 0.6) is 5.75 Å². The van der Waals surface area contributed by atoms with Crippen molar-refractivity contribution >= 4 is 16.9 Å². The van der Waals surface area contributed by atoms with E-state index in [4.69, 9.17) is 9.15 Å². The largest absolute Gasteiger partial charge is 0.427 e. The number of ether oxygens (including phenoxy) is 1. The van der Waals surface area contributed by atoms with Gasteiger partial charge in [0.15, 0.2) is 0 Å². The van der Waals surface area contributed by atoms with Crippen LogP contribution in [0.4, 0.5) is 0 Å². The van der Waals surface area contributed by atoms with E-state index in [1.54, 1.807) is 19.1 Å². The molecule has 1 aromatic heterocycles. The average molecular weight is 260 g/mol. The lowest BCUT2D eigenvalue weighted by atomic mass is 10.0. The topological polar surface area (TPSA) is 56.5 Å². The second-order valence-electron chi connectivity index (χ2n) is 4.49. The number of esters is 1. The summed E-state index contributed by atoms with van der Waals surface area (Å²) >= 11 is 0. The van der Waals surface area contributed by atoms with Gasteiger partial charge in [0.1, 0.15) is 11.3 Å². The summed E-state index contributed by atoms with van der Waals surface area (Å²) < 4.78 is 10.2. The number of benzene rings is 1. The molecule has 0 aliphatic carbocycles. The summed E-state index contributed by atoms with van der Waals surface area (Å²) in [6.45, 7) is 5.17. The van der Waals surface area contributed by atoms with Gasteiger partial charge in [0.05, 0.1) is 0 Å². The highest BCUT2D eigenvalue weighted by Crippen LogP contribution is 2.25. The van der Waals surface area contributed by atoms with Crippen LogP contribution in [0.15, 0.2) is 27.4 Å². The van der Waals surface area contributed by atoms with Crippen LogP contribution in [-0.2, 0) is 11.2 Å². The zero-order valence-corrected chi connectivity index (χ0v) is 11.3. The zero-order chi connectivity index (χ0) is 14.0. The Kier molecular flexibility index (Phi) is 3.69. The van der Waals surface area contributed by atoms with E-state index in [0.717, 1.165) is 23.8 Å². The SMILES string of the molecule is CCCc1c(C)c(=O)oc2cc(OC(C)=O)ccc12. The Hall–Kier alpha value is -2.10. The highest BCUT2D eigenvalue weighted by atomic mass is 16.5. The molecule has 0 atom stereocenters. The third-order valence-electron chi connectivity index (χ3n) is 3.00. The molecule has 0 spiro atoms. The molecule has 0 aliphatic rings. The van der Waals surface area contributed by atoms with Gasteiger partial charge in [-0.15, -0.1) is 0 Å². The van der Waals surface area contributed by atoms with Crippen molar-refractivity contribution < 1.29 is 13.9 Å². The molecular formula is C15H16O4. The monoisotopic (exact) mass is 260 g/mol. The number of hydrogen-bond donors (Lipinski definition) is 0. The van der Waals surface area contributed by atoms with Crippen molar-refractivity contribution in [2.75, 3.05) is 0 Å². The highest BCUT2D eigenvalue weighted by molar-refractivity contribution is 5.83. The summed E-state index contributed by atoms with van der Waals surface area (Å²) in [7, 11) is 0. The Morgan fingerprint density at radius 3 is 2.74 bits per heavy atom. The fraction of sp³-hybridized carbons (Fsp3) is 0.333. The number of rotatable bonds is 3. The van der Waals surface area contributed by atoms with Gasteiger partial charge in [0.2, 0.25) is 0 Å². The lowest BCUT2D eigenvalue weighted by Crippen LogP contribution is -2.08. The van der Waals surface area contributed by atoms with E-state index in [9.17, 15) is 9.59 Å². The Bertz CT molecular complexity index is 682. The van der Waals surface area contributed by atoms with Crippen molar-refractivity contribution in [2.45, 2.75) is 33.6 Å². The van der Waals surface area contributed by atoms with Crippen LogP contribution >= 0.6 is 0 Å². The molecule has 4 nitrogen and oxygen atoms in total. The Labute approximate surface area is 111 Å². The van der Waals surface area contributed by atoms with Gasteiger partial charge >= 0.3 is 11.6 Å². The summed E-state index contributed by atoms with van der Waals surface area (Å²) in [5.41, 5.74) is 1.77. The van der Waals surface area contributed by atoms with Gasteiger partial charge in [-0.25, -0.2) is 4.79 Å². The first-order chi connectivity index (χ1) is 9.02. The van der Waals surface area contributed by atoms with Crippen molar-refractivity contribution in [1.29, 1.82) is 0 Å². The maximum atomic E-state index is 11.8. The quantitative estimate of drug-likeness (QED) is 0.483. The van der Waals surface area contributed by atoms with Crippen LogP contribution in [0.1, 0.15) is 31.4 Å². The predicted octanol–water partition coefficient (Wildman–Crippen LogP) is 2.98. The minimum Gasteiger partial charge on any atom is -0.427 e. The lowest BCUT2D eigenvalue weighted by Gasteiger charge is -2.09. The molecule has 4 heteroatoms.